The van der Waals surface area contributed by atoms with Crippen LogP contribution in [0.3, 0.4) is 0 Å². The van der Waals surface area contributed by atoms with Gasteiger partial charge in [-0.15, -0.1) is 0 Å². The van der Waals surface area contributed by atoms with Crippen LogP contribution in [0.4, 0.5) is 0 Å². The summed E-state index contributed by atoms with van der Waals surface area (Å²) in [5.74, 6) is -0.143. The summed E-state index contributed by atoms with van der Waals surface area (Å²) in [6, 6.07) is -0.904. The normalized spacial score (nSPS) is 15.4. The van der Waals surface area contributed by atoms with Crippen LogP contribution in [0, 0.1) is 0 Å². The predicted molar refractivity (Wildman–Crippen MR) is 62.4 cm³/mol. The number of hydrogen-bond donors (Lipinski definition) is 4. The molecule has 0 aliphatic rings. The van der Waals surface area contributed by atoms with Crippen molar-refractivity contribution in [2.45, 2.75) is 45.7 Å². The van der Waals surface area contributed by atoms with E-state index < -0.39 is 16.3 Å². The molecule has 16 heavy (non-hydrogen) atoms. The van der Waals surface area contributed by atoms with Crippen molar-refractivity contribution in [1.82, 2.24) is 9.44 Å². The highest BCUT2D eigenvalue weighted by Crippen LogP contribution is 1.99. The maximum atomic E-state index is 11.5. The molecule has 0 aromatic carbocycles. The Kier molecular flexibility index (Phi) is 6.31. The minimum atomic E-state index is -3.63. The van der Waals surface area contributed by atoms with Gasteiger partial charge in [0.2, 0.25) is 0 Å². The summed E-state index contributed by atoms with van der Waals surface area (Å²) >= 11 is 0. The molecule has 1 atom stereocenters. The highest BCUT2D eigenvalue weighted by atomic mass is 32.2. The van der Waals surface area contributed by atoms with Crippen molar-refractivity contribution >= 4 is 16.0 Å². The SMILES string of the molecule is CCCC(NS(=O)(=O)NC(C)C)C(N)=NO. The van der Waals surface area contributed by atoms with Gasteiger partial charge >= 0.3 is 0 Å². The summed E-state index contributed by atoms with van der Waals surface area (Å²) in [6.07, 6.45) is 1.18. The first-order valence-electron chi connectivity index (χ1n) is 5.09. The minimum Gasteiger partial charge on any atom is -0.409 e. The van der Waals surface area contributed by atoms with Crippen molar-refractivity contribution in [3.05, 3.63) is 0 Å². The Morgan fingerprint density at radius 2 is 2.00 bits per heavy atom. The van der Waals surface area contributed by atoms with Crippen molar-refractivity contribution in [2.24, 2.45) is 10.9 Å². The molecule has 5 N–H and O–H groups in total. The van der Waals surface area contributed by atoms with Crippen LogP contribution in [0.1, 0.15) is 33.6 Å². The number of nitrogens with two attached hydrogens (primary N) is 1. The number of hydrogen-bond acceptors (Lipinski definition) is 4. The summed E-state index contributed by atoms with van der Waals surface area (Å²) in [7, 11) is -3.63. The molecule has 1 unspecified atom stereocenters. The van der Waals surface area contributed by atoms with Crippen LogP contribution < -0.4 is 15.2 Å². The molecule has 8 heteroatoms. The number of rotatable bonds is 7. The predicted octanol–water partition coefficient (Wildman–Crippen LogP) is -0.266. The third-order valence-electron chi connectivity index (χ3n) is 1.74. The summed E-state index contributed by atoms with van der Waals surface area (Å²) in [5.41, 5.74) is 5.39. The molecule has 0 aliphatic heterocycles. The summed E-state index contributed by atoms with van der Waals surface area (Å²) in [6.45, 7) is 5.29. The van der Waals surface area contributed by atoms with Gasteiger partial charge in [-0.05, 0) is 20.3 Å². The van der Waals surface area contributed by atoms with Crippen LogP contribution in [0.25, 0.3) is 0 Å². The molecule has 7 nitrogen and oxygen atoms in total. The van der Waals surface area contributed by atoms with Gasteiger partial charge in [0.05, 0.1) is 6.04 Å². The van der Waals surface area contributed by atoms with Gasteiger partial charge in [0, 0.05) is 6.04 Å². The van der Waals surface area contributed by atoms with Crippen LogP contribution >= 0.6 is 0 Å². The van der Waals surface area contributed by atoms with Crippen LogP contribution in [0.2, 0.25) is 0 Å². The van der Waals surface area contributed by atoms with E-state index in [4.69, 9.17) is 10.9 Å². The second kappa shape index (κ2) is 6.66. The van der Waals surface area contributed by atoms with Gasteiger partial charge < -0.3 is 10.9 Å². The van der Waals surface area contributed by atoms with Gasteiger partial charge in [-0.1, -0.05) is 18.5 Å². The fourth-order valence-corrected chi connectivity index (χ4v) is 2.46. The van der Waals surface area contributed by atoms with Crippen LogP contribution in [0.5, 0.6) is 0 Å². The molecule has 0 fully saturated rings. The molecule has 0 aliphatic carbocycles. The van der Waals surface area contributed by atoms with E-state index in [0.717, 1.165) is 0 Å². The molecule has 0 rings (SSSR count). The fourth-order valence-electron chi connectivity index (χ4n) is 1.16. The quantitative estimate of drug-likeness (QED) is 0.216. The molecule has 0 aromatic heterocycles. The Labute approximate surface area is 96.3 Å². The van der Waals surface area contributed by atoms with Crippen molar-refractivity contribution in [3.8, 4) is 0 Å². The average molecular weight is 252 g/mol. The highest BCUT2D eigenvalue weighted by molar-refractivity contribution is 7.87. The third kappa shape index (κ3) is 5.89. The van der Waals surface area contributed by atoms with Crippen LogP contribution in [0.15, 0.2) is 5.16 Å². The maximum Gasteiger partial charge on any atom is 0.277 e. The molecule has 0 spiro atoms. The lowest BCUT2D eigenvalue weighted by molar-refractivity contribution is 0.315. The topological polar surface area (TPSA) is 117 Å². The van der Waals surface area contributed by atoms with Gasteiger partial charge in [-0.25, -0.2) is 0 Å². The number of nitrogens with zero attached hydrogens (tertiary/aromatic N) is 1. The van der Waals surface area contributed by atoms with Gasteiger partial charge in [0.15, 0.2) is 5.84 Å². The van der Waals surface area contributed by atoms with E-state index >= 15 is 0 Å². The fraction of sp³-hybridized carbons (Fsp3) is 0.875. The molecule has 0 amide bonds. The first-order valence-corrected chi connectivity index (χ1v) is 6.57. The molecule has 0 radical (unpaired) electrons. The minimum absolute atomic E-state index is 0.143. The van der Waals surface area contributed by atoms with Crippen molar-refractivity contribution in [1.29, 1.82) is 0 Å². The Bertz CT molecular complexity index is 326. The van der Waals surface area contributed by atoms with E-state index in [-0.39, 0.29) is 11.9 Å². The smallest absolute Gasteiger partial charge is 0.277 e. The molecular formula is C8H20N4O3S. The Balaban J connectivity index is 4.63. The van der Waals surface area contributed by atoms with E-state index in [1.165, 1.54) is 0 Å². The Hall–Kier alpha value is -0.860. The van der Waals surface area contributed by atoms with E-state index in [0.29, 0.717) is 12.8 Å². The van der Waals surface area contributed by atoms with Gasteiger partial charge in [-0.2, -0.15) is 17.9 Å². The monoisotopic (exact) mass is 252 g/mol. The molecule has 0 heterocycles. The third-order valence-corrected chi connectivity index (χ3v) is 3.11. The number of amidine groups is 1. The highest BCUT2D eigenvalue weighted by Gasteiger charge is 2.21. The molecule has 0 saturated carbocycles. The molecular weight excluding hydrogens is 232 g/mol. The standard InChI is InChI=1S/C8H20N4O3S/c1-4-5-7(8(9)10-13)12-16(14,15)11-6(2)3/h6-7,11-13H,4-5H2,1-3H3,(H2,9,10). The maximum absolute atomic E-state index is 11.5. The molecule has 0 saturated heterocycles. The van der Waals surface area contributed by atoms with E-state index in [1.807, 2.05) is 6.92 Å². The Morgan fingerprint density at radius 3 is 2.38 bits per heavy atom. The lowest BCUT2D eigenvalue weighted by Crippen LogP contribution is -2.50. The average Bonchev–Trinajstić information content (AvgIpc) is 2.13. The zero-order chi connectivity index (χ0) is 12.8. The van der Waals surface area contributed by atoms with Crippen LogP contribution in [-0.4, -0.2) is 31.5 Å². The first kappa shape index (κ1) is 15.1. The molecule has 0 aromatic rings. The first-order chi connectivity index (χ1) is 7.32. The Morgan fingerprint density at radius 1 is 1.44 bits per heavy atom. The van der Waals surface area contributed by atoms with Crippen LogP contribution in [-0.2, 0) is 10.2 Å². The molecule has 0 bridgehead atoms. The largest absolute Gasteiger partial charge is 0.409 e. The lowest BCUT2D eigenvalue weighted by atomic mass is 10.2. The van der Waals surface area contributed by atoms with E-state index in [9.17, 15) is 8.42 Å². The lowest BCUT2D eigenvalue weighted by Gasteiger charge is -2.18. The second-order valence-corrected chi connectivity index (χ2v) is 5.24. The van der Waals surface area contributed by atoms with E-state index in [2.05, 4.69) is 14.6 Å². The zero-order valence-corrected chi connectivity index (χ0v) is 10.6. The van der Waals surface area contributed by atoms with Gasteiger partial charge in [0.1, 0.15) is 0 Å². The number of oxime groups is 1. The summed E-state index contributed by atoms with van der Waals surface area (Å²) < 4.78 is 27.7. The second-order valence-electron chi connectivity index (χ2n) is 3.76. The summed E-state index contributed by atoms with van der Waals surface area (Å²) in [4.78, 5) is 0. The summed E-state index contributed by atoms with van der Waals surface area (Å²) in [5, 5.41) is 11.3. The van der Waals surface area contributed by atoms with Crippen molar-refractivity contribution < 1.29 is 13.6 Å². The van der Waals surface area contributed by atoms with Gasteiger partial charge in [-0.3, -0.25) is 0 Å². The van der Waals surface area contributed by atoms with Crippen molar-refractivity contribution in [2.75, 3.05) is 0 Å². The zero-order valence-electron chi connectivity index (χ0n) is 9.77. The van der Waals surface area contributed by atoms with Gasteiger partial charge in [0.25, 0.3) is 10.2 Å². The van der Waals surface area contributed by atoms with E-state index in [1.54, 1.807) is 13.8 Å². The van der Waals surface area contributed by atoms with Crippen molar-refractivity contribution in [3.63, 3.8) is 0 Å². The number of nitrogens with one attached hydrogen (secondary N) is 2. The molecule has 96 valence electrons.